The molecule has 0 saturated carbocycles. The van der Waals surface area contributed by atoms with Crippen LogP contribution in [0, 0.1) is 0 Å². The second-order valence-electron chi connectivity index (χ2n) is 0.711. The number of aliphatic hydroxyl groups excluding tert-OH is 1. The minimum absolute atomic E-state index is 0. The Labute approximate surface area is 81.5 Å². The van der Waals surface area contributed by atoms with E-state index in [4.69, 9.17) is 9.66 Å². The van der Waals surface area contributed by atoms with Gasteiger partial charge in [0.15, 0.2) is 5.94 Å². The summed E-state index contributed by atoms with van der Waals surface area (Å²) in [7, 11) is -4.11. The van der Waals surface area contributed by atoms with E-state index < -0.39 is 16.1 Å². The topological polar surface area (TPSA) is 74.6 Å². The van der Waals surface area contributed by atoms with Crippen LogP contribution in [-0.2, 0) is 10.1 Å². The van der Waals surface area contributed by atoms with Gasteiger partial charge in [0.2, 0.25) is 0 Å². The van der Waals surface area contributed by atoms with Gasteiger partial charge in [-0.25, -0.2) is 0 Å². The molecular weight excluding hydrogens is 196 g/mol. The van der Waals surface area contributed by atoms with Crippen LogP contribution in [0.3, 0.4) is 0 Å². The third-order valence-corrected chi connectivity index (χ3v) is 0.489. The molecule has 0 heterocycles. The molecule has 42 valence electrons. The average molecular weight is 202 g/mol. The monoisotopic (exact) mass is 202 g/mol. The van der Waals surface area contributed by atoms with Crippen molar-refractivity contribution in [3.05, 3.63) is 0 Å². The van der Waals surface area contributed by atoms with Gasteiger partial charge in [0.05, 0.1) is 0 Å². The van der Waals surface area contributed by atoms with Gasteiger partial charge in [-0.2, -0.15) is 8.42 Å². The minimum Gasteiger partial charge on any atom is -1.00 e. The molecular formula is CH6O4SSr. The van der Waals surface area contributed by atoms with Crippen molar-refractivity contribution in [1.82, 2.24) is 0 Å². The van der Waals surface area contributed by atoms with Crippen molar-refractivity contribution in [2.24, 2.45) is 0 Å². The van der Waals surface area contributed by atoms with Gasteiger partial charge in [-0.15, -0.1) is 0 Å². The number of aliphatic hydroxyl groups is 1. The predicted molar refractivity (Wildman–Crippen MR) is 26.6 cm³/mol. The maximum Gasteiger partial charge on any atom is 2.00 e. The molecule has 0 saturated heterocycles. The van der Waals surface area contributed by atoms with Crippen LogP contribution < -0.4 is 0 Å². The minimum atomic E-state index is -4.11. The quantitative estimate of drug-likeness (QED) is 0.407. The van der Waals surface area contributed by atoms with E-state index in [2.05, 4.69) is 0 Å². The van der Waals surface area contributed by atoms with E-state index in [0.29, 0.717) is 0 Å². The van der Waals surface area contributed by atoms with Crippen molar-refractivity contribution >= 4 is 55.6 Å². The van der Waals surface area contributed by atoms with Gasteiger partial charge in [0, 0.05) is 0 Å². The number of hydrogen-bond acceptors (Lipinski definition) is 3. The van der Waals surface area contributed by atoms with Crippen molar-refractivity contribution in [3.8, 4) is 0 Å². The van der Waals surface area contributed by atoms with Crippen LogP contribution in [0.1, 0.15) is 2.85 Å². The number of hydrogen-bond donors (Lipinski definition) is 2. The van der Waals surface area contributed by atoms with Gasteiger partial charge in [-0.1, -0.05) is 0 Å². The first-order valence-electron chi connectivity index (χ1n) is 1.12. The molecule has 0 fully saturated rings. The molecule has 0 amide bonds. The van der Waals surface area contributed by atoms with E-state index in [0.717, 1.165) is 0 Å². The average Bonchev–Trinajstić information content (AvgIpc) is 1.35. The summed E-state index contributed by atoms with van der Waals surface area (Å²) in [5.74, 6) is -1.20. The van der Waals surface area contributed by atoms with E-state index in [1.54, 1.807) is 0 Å². The fourth-order valence-corrected chi connectivity index (χ4v) is 0. The third-order valence-electron chi connectivity index (χ3n) is 0.163. The Bertz CT molecular complexity index is 121. The molecule has 0 spiro atoms. The van der Waals surface area contributed by atoms with E-state index in [1.807, 2.05) is 0 Å². The van der Waals surface area contributed by atoms with Crippen LogP contribution in [0.25, 0.3) is 0 Å². The fraction of sp³-hybridized carbons (Fsp3) is 1.00. The zero-order valence-corrected chi connectivity index (χ0v) is 7.83. The molecule has 4 nitrogen and oxygen atoms in total. The van der Waals surface area contributed by atoms with Crippen molar-refractivity contribution in [2.75, 3.05) is 5.94 Å². The normalized spacial score (nSPS) is 10.0. The summed E-state index contributed by atoms with van der Waals surface area (Å²) in [6.45, 7) is 0. The third kappa shape index (κ3) is 11.1. The maximum absolute atomic E-state index is 9.31. The summed E-state index contributed by atoms with van der Waals surface area (Å²) in [5, 5.41) is 7.56. The molecule has 0 aromatic carbocycles. The van der Waals surface area contributed by atoms with Gasteiger partial charge in [0.25, 0.3) is 10.1 Å². The summed E-state index contributed by atoms with van der Waals surface area (Å²) < 4.78 is 26.2. The molecule has 0 atom stereocenters. The fourth-order valence-electron chi connectivity index (χ4n) is 0. The van der Waals surface area contributed by atoms with Gasteiger partial charge in [0.1, 0.15) is 0 Å². The zero-order valence-electron chi connectivity index (χ0n) is 5.53. The second kappa shape index (κ2) is 4.25. The Morgan fingerprint density at radius 2 is 1.71 bits per heavy atom. The standard InChI is InChI=1S/CH4O4S.Sr.2H/c2-1-6(3,4)5;;;/h2H,1H2,(H,3,4,5);;;/q;+2;2*-1. The maximum atomic E-state index is 9.31. The molecule has 0 radical (unpaired) electrons. The van der Waals surface area contributed by atoms with Crippen molar-refractivity contribution < 1.29 is 20.9 Å². The van der Waals surface area contributed by atoms with E-state index in [-0.39, 0.29) is 48.3 Å². The van der Waals surface area contributed by atoms with Crippen LogP contribution in [0.4, 0.5) is 0 Å². The van der Waals surface area contributed by atoms with E-state index >= 15 is 0 Å². The largest absolute Gasteiger partial charge is 2.00 e. The summed E-state index contributed by atoms with van der Waals surface area (Å²) in [4.78, 5) is 0. The first-order chi connectivity index (χ1) is 2.56. The van der Waals surface area contributed by atoms with Crippen LogP contribution in [0.2, 0.25) is 0 Å². The molecule has 7 heavy (non-hydrogen) atoms. The van der Waals surface area contributed by atoms with Crippen LogP contribution in [0.5, 0.6) is 0 Å². The second-order valence-corrected chi connectivity index (χ2v) is 2.13. The number of rotatable bonds is 1. The molecule has 0 aliphatic heterocycles. The van der Waals surface area contributed by atoms with E-state index in [9.17, 15) is 8.42 Å². The Morgan fingerprint density at radius 1 is 1.57 bits per heavy atom. The Balaban J connectivity index is -0.0000000417. The Hall–Kier alpha value is 1.35. The Kier molecular flexibility index (Phi) is 6.79. The van der Waals surface area contributed by atoms with Crippen LogP contribution in [-0.4, -0.2) is 69.5 Å². The first kappa shape index (κ1) is 11.2. The molecule has 6 heteroatoms. The van der Waals surface area contributed by atoms with Gasteiger partial charge in [-0.3, -0.25) is 4.55 Å². The summed E-state index contributed by atoms with van der Waals surface area (Å²) in [6.07, 6.45) is 0. The molecule has 0 aliphatic rings. The predicted octanol–water partition coefficient (Wildman–Crippen LogP) is -1.33. The van der Waals surface area contributed by atoms with E-state index in [1.165, 1.54) is 0 Å². The van der Waals surface area contributed by atoms with Gasteiger partial charge in [-0.05, 0) is 0 Å². The molecule has 2 N–H and O–H groups in total. The molecule has 0 unspecified atom stereocenters. The summed E-state index contributed by atoms with van der Waals surface area (Å²) >= 11 is 0. The molecule has 0 bridgehead atoms. The Morgan fingerprint density at radius 3 is 1.71 bits per heavy atom. The van der Waals surface area contributed by atoms with Crippen molar-refractivity contribution in [3.63, 3.8) is 0 Å². The van der Waals surface area contributed by atoms with Gasteiger partial charge < -0.3 is 7.96 Å². The zero-order chi connectivity index (χ0) is 5.21. The summed E-state index contributed by atoms with van der Waals surface area (Å²) in [5.41, 5.74) is 0. The van der Waals surface area contributed by atoms with Crippen molar-refractivity contribution in [1.29, 1.82) is 0 Å². The van der Waals surface area contributed by atoms with Crippen LogP contribution in [0.15, 0.2) is 0 Å². The molecule has 0 aromatic heterocycles. The SMILES string of the molecule is O=S(=O)(O)CO.[H-].[H-].[Sr+2]. The molecule has 0 aromatic rings. The summed E-state index contributed by atoms with van der Waals surface area (Å²) in [6, 6.07) is 0. The molecule has 0 aliphatic carbocycles. The van der Waals surface area contributed by atoms with Crippen LogP contribution >= 0.6 is 0 Å². The van der Waals surface area contributed by atoms with Gasteiger partial charge >= 0.3 is 45.5 Å². The van der Waals surface area contributed by atoms with Crippen molar-refractivity contribution in [2.45, 2.75) is 0 Å². The first-order valence-corrected chi connectivity index (χ1v) is 2.73. The molecule has 0 rings (SSSR count). The smallest absolute Gasteiger partial charge is 1.00 e.